The zero-order chi connectivity index (χ0) is 8.10. The molecule has 0 aromatic carbocycles. The first-order chi connectivity index (χ1) is 5.34. The summed E-state index contributed by atoms with van der Waals surface area (Å²) in [6.45, 7) is 0. The Kier molecular flexibility index (Phi) is 5.09. The van der Waals surface area contributed by atoms with Gasteiger partial charge in [-0.15, -0.1) is 0 Å². The summed E-state index contributed by atoms with van der Waals surface area (Å²) < 4.78 is 0. The van der Waals surface area contributed by atoms with Gasteiger partial charge in [-0.2, -0.15) is 0 Å². The molecule has 11 heavy (non-hydrogen) atoms. The highest BCUT2D eigenvalue weighted by atomic mass is 79.9. The third-order valence-corrected chi connectivity index (χ3v) is 4.29. The lowest BCUT2D eigenvalue weighted by Crippen LogP contribution is -2.19. The van der Waals surface area contributed by atoms with Crippen LogP contribution in [0.4, 0.5) is 0 Å². The first-order valence-electron chi connectivity index (χ1n) is 4.54. The summed E-state index contributed by atoms with van der Waals surface area (Å²) in [6, 6.07) is 0. The van der Waals surface area contributed by atoms with Crippen LogP contribution in [0.15, 0.2) is 0 Å². The van der Waals surface area contributed by atoms with Gasteiger partial charge in [0.15, 0.2) is 0 Å². The molecule has 0 spiro atoms. The summed E-state index contributed by atoms with van der Waals surface area (Å²) in [5.74, 6) is 0.960. The van der Waals surface area contributed by atoms with E-state index in [4.69, 9.17) is 0 Å². The van der Waals surface area contributed by atoms with Crippen LogP contribution in [0.1, 0.15) is 38.5 Å². The van der Waals surface area contributed by atoms with Gasteiger partial charge in [-0.1, -0.05) is 44.7 Å². The van der Waals surface area contributed by atoms with Crippen LogP contribution in [0.5, 0.6) is 0 Å². The van der Waals surface area contributed by atoms with E-state index in [0.29, 0.717) is 0 Å². The van der Waals surface area contributed by atoms with Crippen LogP contribution in [0, 0.1) is 5.92 Å². The van der Waals surface area contributed by atoms with Gasteiger partial charge in [-0.3, -0.25) is 0 Å². The lowest BCUT2D eigenvalue weighted by Gasteiger charge is -2.26. The van der Waals surface area contributed by atoms with Crippen molar-refractivity contribution < 1.29 is 0 Å². The lowest BCUT2D eigenvalue weighted by molar-refractivity contribution is 0.353. The molecule has 2 unspecified atom stereocenters. The van der Waals surface area contributed by atoms with Crippen molar-refractivity contribution in [3.05, 3.63) is 0 Å². The van der Waals surface area contributed by atoms with Crippen LogP contribution >= 0.6 is 31.9 Å². The van der Waals surface area contributed by atoms with Gasteiger partial charge in [0.05, 0.1) is 0 Å². The van der Waals surface area contributed by atoms with Gasteiger partial charge in [0.1, 0.15) is 0 Å². The topological polar surface area (TPSA) is 0 Å². The highest BCUT2D eigenvalue weighted by Gasteiger charge is 2.21. The summed E-state index contributed by atoms with van der Waals surface area (Å²) in [4.78, 5) is 0.815. The molecule has 0 bridgehead atoms. The summed E-state index contributed by atoms with van der Waals surface area (Å²) in [5.41, 5.74) is 0. The molecule has 1 aliphatic rings. The number of hydrogen-bond acceptors (Lipinski definition) is 0. The third-order valence-electron chi connectivity index (χ3n) is 2.52. The summed E-state index contributed by atoms with van der Waals surface area (Å²) in [6.07, 6.45) is 8.47. The van der Waals surface area contributed by atoms with Gasteiger partial charge in [0, 0.05) is 10.2 Å². The molecule has 2 heteroatoms. The molecule has 2 atom stereocenters. The van der Waals surface area contributed by atoms with E-state index in [1.807, 2.05) is 0 Å². The quantitative estimate of drug-likeness (QED) is 0.684. The monoisotopic (exact) mass is 282 g/mol. The van der Waals surface area contributed by atoms with Gasteiger partial charge >= 0.3 is 0 Å². The van der Waals surface area contributed by atoms with Crippen LogP contribution in [0.25, 0.3) is 0 Å². The molecular weight excluding hydrogens is 268 g/mol. The molecule has 0 saturated heterocycles. The largest absolute Gasteiger partial charge is 0.0928 e. The number of halogens is 2. The zero-order valence-corrected chi connectivity index (χ0v) is 10.0. The normalized spacial score (nSPS) is 32.2. The maximum Gasteiger partial charge on any atom is 0.0174 e. The molecule has 0 heterocycles. The van der Waals surface area contributed by atoms with Gasteiger partial charge < -0.3 is 0 Å². The fourth-order valence-corrected chi connectivity index (χ4v) is 3.00. The SMILES string of the molecule is BrCCCC1CCCCC1Br. The van der Waals surface area contributed by atoms with E-state index < -0.39 is 0 Å². The van der Waals surface area contributed by atoms with Gasteiger partial charge in [0.2, 0.25) is 0 Å². The minimum absolute atomic E-state index is 0.815. The minimum Gasteiger partial charge on any atom is -0.0928 e. The summed E-state index contributed by atoms with van der Waals surface area (Å²) in [7, 11) is 0. The predicted octanol–water partition coefficient (Wildman–Crippen LogP) is 4.12. The van der Waals surface area contributed by atoms with Gasteiger partial charge in [-0.05, 0) is 31.6 Å². The van der Waals surface area contributed by atoms with Crippen LogP contribution in [-0.4, -0.2) is 10.2 Å². The average molecular weight is 284 g/mol. The molecule has 0 aromatic heterocycles. The number of alkyl halides is 2. The molecular formula is C9H16Br2. The Bertz CT molecular complexity index is 104. The Balaban J connectivity index is 2.18. The highest BCUT2D eigenvalue weighted by Crippen LogP contribution is 2.32. The molecule has 0 nitrogen and oxygen atoms in total. The fraction of sp³-hybridized carbons (Fsp3) is 1.00. The fourth-order valence-electron chi connectivity index (χ4n) is 1.83. The minimum atomic E-state index is 0.815. The number of rotatable bonds is 3. The van der Waals surface area contributed by atoms with Crippen LogP contribution in [-0.2, 0) is 0 Å². The van der Waals surface area contributed by atoms with Gasteiger partial charge in [0.25, 0.3) is 0 Å². The van der Waals surface area contributed by atoms with E-state index in [1.54, 1.807) is 0 Å². The van der Waals surface area contributed by atoms with Crippen molar-refractivity contribution in [1.82, 2.24) is 0 Å². The van der Waals surface area contributed by atoms with E-state index >= 15 is 0 Å². The van der Waals surface area contributed by atoms with Crippen molar-refractivity contribution in [3.63, 3.8) is 0 Å². The molecule has 1 rings (SSSR count). The average Bonchev–Trinajstić information content (AvgIpc) is 2.03. The van der Waals surface area contributed by atoms with E-state index in [0.717, 1.165) is 10.7 Å². The van der Waals surface area contributed by atoms with Crippen molar-refractivity contribution in [1.29, 1.82) is 0 Å². The second kappa shape index (κ2) is 5.58. The van der Waals surface area contributed by atoms with Crippen molar-refractivity contribution >= 4 is 31.9 Å². The first-order valence-corrected chi connectivity index (χ1v) is 6.58. The highest BCUT2D eigenvalue weighted by molar-refractivity contribution is 9.09. The molecule has 1 aliphatic carbocycles. The second-order valence-electron chi connectivity index (χ2n) is 3.39. The third kappa shape index (κ3) is 3.45. The predicted molar refractivity (Wildman–Crippen MR) is 57.7 cm³/mol. The van der Waals surface area contributed by atoms with Crippen LogP contribution in [0.3, 0.4) is 0 Å². The van der Waals surface area contributed by atoms with Crippen LogP contribution in [0.2, 0.25) is 0 Å². The number of hydrogen-bond donors (Lipinski definition) is 0. The molecule has 0 aliphatic heterocycles. The smallest absolute Gasteiger partial charge is 0.0174 e. The Morgan fingerprint density at radius 1 is 1.18 bits per heavy atom. The molecule has 0 aromatic rings. The summed E-state index contributed by atoms with van der Waals surface area (Å²) >= 11 is 7.25. The Morgan fingerprint density at radius 3 is 2.55 bits per heavy atom. The Morgan fingerprint density at radius 2 is 1.91 bits per heavy atom. The Hall–Kier alpha value is 0.960. The van der Waals surface area contributed by atoms with Gasteiger partial charge in [-0.25, -0.2) is 0 Å². The van der Waals surface area contributed by atoms with E-state index in [-0.39, 0.29) is 0 Å². The van der Waals surface area contributed by atoms with Crippen LogP contribution < -0.4 is 0 Å². The zero-order valence-electron chi connectivity index (χ0n) is 6.86. The Labute approximate surface area is 86.4 Å². The molecule has 0 radical (unpaired) electrons. The van der Waals surface area contributed by atoms with E-state index in [9.17, 15) is 0 Å². The molecule has 66 valence electrons. The van der Waals surface area contributed by atoms with Crippen molar-refractivity contribution in [2.24, 2.45) is 5.92 Å². The summed E-state index contributed by atoms with van der Waals surface area (Å²) in [5, 5.41) is 1.17. The second-order valence-corrected chi connectivity index (χ2v) is 5.36. The molecule has 1 fully saturated rings. The molecule has 0 amide bonds. The standard InChI is InChI=1S/C9H16Br2/c10-7-3-5-8-4-1-2-6-9(8)11/h8-9H,1-7H2. The molecule has 0 N–H and O–H groups in total. The van der Waals surface area contributed by atoms with Crippen molar-refractivity contribution in [2.75, 3.05) is 5.33 Å². The van der Waals surface area contributed by atoms with Crippen molar-refractivity contribution in [3.8, 4) is 0 Å². The maximum absolute atomic E-state index is 3.77. The van der Waals surface area contributed by atoms with E-state index in [2.05, 4.69) is 31.9 Å². The first kappa shape index (κ1) is 10.0. The van der Waals surface area contributed by atoms with Crippen molar-refractivity contribution in [2.45, 2.75) is 43.4 Å². The lowest BCUT2D eigenvalue weighted by atomic mass is 9.86. The van der Waals surface area contributed by atoms with E-state index in [1.165, 1.54) is 43.9 Å². The molecule has 1 saturated carbocycles. The maximum atomic E-state index is 3.77.